The van der Waals surface area contributed by atoms with Gasteiger partial charge in [-0.1, -0.05) is 30.7 Å². The molecule has 2 rings (SSSR count). The van der Waals surface area contributed by atoms with E-state index in [-0.39, 0.29) is 0 Å². The quantitative estimate of drug-likeness (QED) is 0.871. The molecule has 100 valence electrons. The predicted molar refractivity (Wildman–Crippen MR) is 72.2 cm³/mol. The van der Waals surface area contributed by atoms with Gasteiger partial charge in [0.25, 0.3) is 0 Å². The van der Waals surface area contributed by atoms with Gasteiger partial charge in [-0.15, -0.1) is 0 Å². The Morgan fingerprint density at radius 2 is 1.83 bits per heavy atom. The number of hydrogen-bond acceptors (Lipinski definition) is 3. The second-order valence-corrected chi connectivity index (χ2v) is 4.85. The molecular weight excluding hydrogens is 226 g/mol. The van der Waals surface area contributed by atoms with Crippen LogP contribution in [0.1, 0.15) is 43.5 Å². The van der Waals surface area contributed by atoms with E-state index in [0.29, 0.717) is 6.61 Å². The van der Waals surface area contributed by atoms with Crippen molar-refractivity contribution in [3.05, 3.63) is 35.4 Å². The second-order valence-electron chi connectivity index (χ2n) is 4.85. The SMILES string of the molecule is CCOCc1ccc(C(O)N2CCCCC2)cc1. The molecule has 0 saturated carbocycles. The van der Waals surface area contributed by atoms with Gasteiger partial charge in [-0.05, 0) is 30.9 Å². The Hall–Kier alpha value is -0.900. The van der Waals surface area contributed by atoms with Crippen LogP contribution in [-0.2, 0) is 11.3 Å². The molecule has 0 amide bonds. The Kier molecular flexibility index (Phi) is 5.17. The molecule has 1 aliphatic heterocycles. The number of piperidine rings is 1. The van der Waals surface area contributed by atoms with Gasteiger partial charge in [0.1, 0.15) is 6.23 Å². The van der Waals surface area contributed by atoms with E-state index < -0.39 is 6.23 Å². The highest BCUT2D eigenvalue weighted by molar-refractivity contribution is 5.23. The molecule has 1 saturated heterocycles. The molecule has 1 aliphatic rings. The third-order valence-electron chi connectivity index (χ3n) is 3.49. The molecule has 0 bridgehead atoms. The summed E-state index contributed by atoms with van der Waals surface area (Å²) in [6.45, 7) is 5.38. The van der Waals surface area contributed by atoms with Crippen molar-refractivity contribution in [2.75, 3.05) is 19.7 Å². The maximum atomic E-state index is 10.3. The summed E-state index contributed by atoms with van der Waals surface area (Å²) < 4.78 is 5.36. The lowest BCUT2D eigenvalue weighted by atomic mass is 10.1. The van der Waals surface area contributed by atoms with Gasteiger partial charge in [0.05, 0.1) is 6.61 Å². The zero-order valence-corrected chi connectivity index (χ0v) is 11.1. The fourth-order valence-electron chi connectivity index (χ4n) is 2.38. The number of aliphatic hydroxyl groups excluding tert-OH is 1. The van der Waals surface area contributed by atoms with E-state index in [1.54, 1.807) is 0 Å². The summed E-state index contributed by atoms with van der Waals surface area (Å²) in [5.41, 5.74) is 2.14. The average Bonchev–Trinajstić information content (AvgIpc) is 2.46. The Bertz CT molecular complexity index is 344. The van der Waals surface area contributed by atoms with E-state index in [4.69, 9.17) is 4.74 Å². The molecule has 0 aliphatic carbocycles. The van der Waals surface area contributed by atoms with Gasteiger partial charge in [0, 0.05) is 19.7 Å². The van der Waals surface area contributed by atoms with Crippen molar-refractivity contribution in [3.63, 3.8) is 0 Å². The standard InChI is InChI=1S/C15H23NO2/c1-2-18-12-13-6-8-14(9-7-13)15(17)16-10-4-3-5-11-16/h6-9,15,17H,2-5,10-12H2,1H3. The van der Waals surface area contributed by atoms with Crippen LogP contribution in [-0.4, -0.2) is 29.7 Å². The third kappa shape index (κ3) is 3.55. The molecule has 3 heteroatoms. The molecule has 0 spiro atoms. The monoisotopic (exact) mass is 249 g/mol. The van der Waals surface area contributed by atoms with Crippen molar-refractivity contribution in [1.82, 2.24) is 4.90 Å². The second kappa shape index (κ2) is 6.88. The van der Waals surface area contributed by atoms with Crippen molar-refractivity contribution < 1.29 is 9.84 Å². The molecule has 1 heterocycles. The number of likely N-dealkylation sites (tertiary alicyclic amines) is 1. The summed E-state index contributed by atoms with van der Waals surface area (Å²) in [4.78, 5) is 2.15. The Balaban J connectivity index is 1.95. The maximum absolute atomic E-state index is 10.3. The van der Waals surface area contributed by atoms with E-state index in [0.717, 1.165) is 30.8 Å². The van der Waals surface area contributed by atoms with E-state index in [9.17, 15) is 5.11 Å². The van der Waals surface area contributed by atoms with Crippen LogP contribution >= 0.6 is 0 Å². The van der Waals surface area contributed by atoms with Crippen LogP contribution < -0.4 is 0 Å². The van der Waals surface area contributed by atoms with Gasteiger partial charge >= 0.3 is 0 Å². The number of hydrogen-bond donors (Lipinski definition) is 1. The zero-order valence-electron chi connectivity index (χ0n) is 11.1. The van der Waals surface area contributed by atoms with Crippen LogP contribution in [0.3, 0.4) is 0 Å². The molecule has 1 aromatic carbocycles. The zero-order chi connectivity index (χ0) is 12.8. The first-order valence-electron chi connectivity index (χ1n) is 6.90. The highest BCUT2D eigenvalue weighted by atomic mass is 16.5. The van der Waals surface area contributed by atoms with Gasteiger partial charge in [-0.25, -0.2) is 0 Å². The molecule has 1 unspecified atom stereocenters. The van der Waals surface area contributed by atoms with E-state index in [1.165, 1.54) is 19.3 Å². The van der Waals surface area contributed by atoms with E-state index in [2.05, 4.69) is 4.90 Å². The minimum Gasteiger partial charge on any atom is -0.377 e. The molecular formula is C15H23NO2. The van der Waals surface area contributed by atoms with Crippen LogP contribution in [0.5, 0.6) is 0 Å². The van der Waals surface area contributed by atoms with Crippen LogP contribution in [0.15, 0.2) is 24.3 Å². The normalized spacial score (nSPS) is 18.8. The van der Waals surface area contributed by atoms with Crippen LogP contribution in [0.2, 0.25) is 0 Å². The first kappa shape index (κ1) is 13.5. The van der Waals surface area contributed by atoms with E-state index in [1.807, 2.05) is 31.2 Å². The lowest BCUT2D eigenvalue weighted by Crippen LogP contribution is -2.33. The summed E-state index contributed by atoms with van der Waals surface area (Å²) >= 11 is 0. The van der Waals surface area contributed by atoms with Gasteiger partial charge in [0.2, 0.25) is 0 Å². The minimum absolute atomic E-state index is 0.452. The largest absolute Gasteiger partial charge is 0.377 e. The van der Waals surface area contributed by atoms with Crippen LogP contribution in [0.4, 0.5) is 0 Å². The van der Waals surface area contributed by atoms with Crippen molar-refractivity contribution in [2.45, 2.75) is 39.0 Å². The number of aliphatic hydroxyl groups is 1. The van der Waals surface area contributed by atoms with Gasteiger partial charge in [-0.3, -0.25) is 4.90 Å². The van der Waals surface area contributed by atoms with Crippen LogP contribution in [0, 0.1) is 0 Å². The Morgan fingerprint density at radius 3 is 2.44 bits per heavy atom. The number of benzene rings is 1. The first-order chi connectivity index (χ1) is 8.81. The molecule has 3 nitrogen and oxygen atoms in total. The summed E-state index contributed by atoms with van der Waals surface area (Å²) in [6, 6.07) is 8.09. The van der Waals surface area contributed by atoms with Gasteiger partial charge in [0.15, 0.2) is 0 Å². The first-order valence-corrected chi connectivity index (χ1v) is 6.90. The van der Waals surface area contributed by atoms with Crippen molar-refractivity contribution >= 4 is 0 Å². The lowest BCUT2D eigenvalue weighted by Gasteiger charge is -2.31. The van der Waals surface area contributed by atoms with E-state index >= 15 is 0 Å². The molecule has 0 radical (unpaired) electrons. The highest BCUT2D eigenvalue weighted by Crippen LogP contribution is 2.22. The predicted octanol–water partition coefficient (Wildman–Crippen LogP) is 2.70. The van der Waals surface area contributed by atoms with Crippen molar-refractivity contribution in [3.8, 4) is 0 Å². The van der Waals surface area contributed by atoms with Crippen molar-refractivity contribution in [2.24, 2.45) is 0 Å². The molecule has 1 aromatic rings. The topological polar surface area (TPSA) is 32.7 Å². The molecule has 18 heavy (non-hydrogen) atoms. The molecule has 1 atom stereocenters. The average molecular weight is 249 g/mol. The smallest absolute Gasteiger partial charge is 0.133 e. The lowest BCUT2D eigenvalue weighted by molar-refractivity contribution is -0.00986. The Morgan fingerprint density at radius 1 is 1.17 bits per heavy atom. The summed E-state index contributed by atoms with van der Waals surface area (Å²) in [7, 11) is 0. The molecule has 1 N–H and O–H groups in total. The number of rotatable bonds is 5. The van der Waals surface area contributed by atoms with Crippen molar-refractivity contribution in [1.29, 1.82) is 0 Å². The van der Waals surface area contributed by atoms with Gasteiger partial charge < -0.3 is 9.84 Å². The molecule has 1 fully saturated rings. The maximum Gasteiger partial charge on any atom is 0.133 e. The fourth-order valence-corrected chi connectivity index (χ4v) is 2.38. The van der Waals surface area contributed by atoms with Gasteiger partial charge in [-0.2, -0.15) is 0 Å². The summed E-state index contributed by atoms with van der Waals surface area (Å²) in [5.74, 6) is 0. The third-order valence-corrected chi connectivity index (χ3v) is 3.49. The minimum atomic E-state index is -0.452. The molecule has 0 aromatic heterocycles. The number of ether oxygens (including phenoxy) is 1. The Labute approximate surface area is 109 Å². The highest BCUT2D eigenvalue weighted by Gasteiger charge is 2.19. The summed E-state index contributed by atoms with van der Waals surface area (Å²) in [5, 5.41) is 10.3. The number of nitrogens with zero attached hydrogens (tertiary/aromatic N) is 1. The van der Waals surface area contributed by atoms with Crippen LogP contribution in [0.25, 0.3) is 0 Å². The summed E-state index contributed by atoms with van der Waals surface area (Å²) in [6.07, 6.45) is 3.22. The fraction of sp³-hybridized carbons (Fsp3) is 0.600.